The summed E-state index contributed by atoms with van der Waals surface area (Å²) in [5.74, 6) is 0.200. The van der Waals surface area contributed by atoms with Crippen molar-refractivity contribution in [2.24, 2.45) is 5.92 Å². The summed E-state index contributed by atoms with van der Waals surface area (Å²) >= 11 is 12.1. The van der Waals surface area contributed by atoms with Crippen LogP contribution in [0, 0.1) is 5.92 Å². The van der Waals surface area contributed by atoms with Crippen molar-refractivity contribution in [2.75, 3.05) is 13.1 Å². The zero-order chi connectivity index (χ0) is 29.6. The molecule has 12 heteroatoms. The van der Waals surface area contributed by atoms with E-state index in [2.05, 4.69) is 46.5 Å². The van der Waals surface area contributed by atoms with Gasteiger partial charge in [-0.3, -0.25) is 14.0 Å². The second-order valence-electron chi connectivity index (χ2n) is 11.8. The van der Waals surface area contributed by atoms with Gasteiger partial charge < -0.3 is 5.32 Å². The third-order valence-corrected chi connectivity index (χ3v) is 10.8. The van der Waals surface area contributed by atoms with E-state index in [0.29, 0.717) is 11.6 Å². The van der Waals surface area contributed by atoms with E-state index in [9.17, 15) is 13.2 Å². The second-order valence-corrected chi connectivity index (χ2v) is 14.4. The summed E-state index contributed by atoms with van der Waals surface area (Å²) < 4.78 is 30.0. The first-order valence-electron chi connectivity index (χ1n) is 14.3. The zero-order valence-electron chi connectivity index (χ0n) is 23.6. The molecule has 1 aromatic heterocycles. The van der Waals surface area contributed by atoms with Gasteiger partial charge in [0.05, 0.1) is 26.7 Å². The van der Waals surface area contributed by atoms with Crippen molar-refractivity contribution in [3.63, 3.8) is 0 Å². The summed E-state index contributed by atoms with van der Waals surface area (Å²) in [7, 11) is -4.09. The van der Waals surface area contributed by atoms with Crippen molar-refractivity contribution >= 4 is 39.1 Å². The molecule has 0 saturated carbocycles. The minimum atomic E-state index is -4.09. The number of amides is 1. The largest absolute Gasteiger partial charge is 0.329 e. The number of halogens is 2. The highest BCUT2D eigenvalue weighted by Crippen LogP contribution is 2.36. The number of nitrogens with zero attached hydrogens (tertiary/aromatic N) is 5. The first-order chi connectivity index (χ1) is 20.1. The molecule has 1 N–H and O–H groups in total. The van der Waals surface area contributed by atoms with Crippen LogP contribution in [-0.2, 0) is 40.6 Å². The lowest BCUT2D eigenvalue weighted by Crippen LogP contribution is -2.50. The highest BCUT2D eigenvalue weighted by molar-refractivity contribution is 7.89. The number of aromatic nitrogens is 3. The number of nitrogens with one attached hydrogen (secondary N) is 1. The fourth-order valence-electron chi connectivity index (χ4n) is 6.31. The quantitative estimate of drug-likeness (QED) is 0.406. The van der Waals surface area contributed by atoms with Crippen LogP contribution < -0.4 is 5.32 Å². The molecule has 0 fully saturated rings. The van der Waals surface area contributed by atoms with Gasteiger partial charge in [-0.2, -0.15) is 0 Å². The highest BCUT2D eigenvalue weighted by Gasteiger charge is 2.37. The van der Waals surface area contributed by atoms with E-state index in [4.69, 9.17) is 23.2 Å². The van der Waals surface area contributed by atoms with E-state index in [1.807, 2.05) is 10.9 Å². The Labute approximate surface area is 256 Å². The van der Waals surface area contributed by atoms with Crippen LogP contribution in [-0.4, -0.2) is 57.7 Å². The maximum atomic E-state index is 13.5. The lowest BCUT2D eigenvalue weighted by atomic mass is 9.83. The van der Waals surface area contributed by atoms with E-state index >= 15 is 0 Å². The van der Waals surface area contributed by atoms with Gasteiger partial charge in [-0.05, 0) is 72.1 Å². The van der Waals surface area contributed by atoms with Gasteiger partial charge in [0.25, 0.3) is 10.0 Å². The van der Waals surface area contributed by atoms with Crippen molar-refractivity contribution in [3.05, 3.63) is 86.9 Å². The topological polar surface area (TPSA) is 100 Å². The molecule has 3 heterocycles. The number of aryl methyl sites for hydroxylation is 1. The minimum Gasteiger partial charge on any atom is -0.329 e. The van der Waals surface area contributed by atoms with Gasteiger partial charge in [-0.25, -0.2) is 13.1 Å². The maximum Gasteiger partial charge on any atom is 0.264 e. The Kier molecular flexibility index (Phi) is 8.08. The summed E-state index contributed by atoms with van der Waals surface area (Å²) in [4.78, 5) is 15.4. The molecule has 2 aromatic carbocycles. The Balaban J connectivity index is 1.24. The smallest absolute Gasteiger partial charge is 0.264 e. The summed E-state index contributed by atoms with van der Waals surface area (Å²) in [6, 6.07) is 7.85. The SMILES string of the molecule is CC(C)CN1CCc2cc3c(cc2C1)CCCC3n1cc(CC2C(=O)NC=CN2S(=O)(=O)c2ccc(Cl)c(Cl)c2)nn1. The van der Waals surface area contributed by atoms with Gasteiger partial charge in [0.2, 0.25) is 5.91 Å². The predicted octanol–water partition coefficient (Wildman–Crippen LogP) is 4.73. The molecule has 0 radical (unpaired) electrons. The van der Waals surface area contributed by atoms with E-state index in [0.717, 1.165) is 49.6 Å². The molecule has 222 valence electrons. The number of fused-ring (bicyclic) bond motifs is 2. The number of hydrogen-bond donors (Lipinski definition) is 1. The normalized spacial score (nSPS) is 20.9. The van der Waals surface area contributed by atoms with E-state index in [1.165, 1.54) is 52.9 Å². The van der Waals surface area contributed by atoms with Crippen LogP contribution in [0.3, 0.4) is 0 Å². The van der Waals surface area contributed by atoms with Crippen molar-refractivity contribution in [2.45, 2.75) is 69.5 Å². The average molecular weight is 630 g/mol. The first-order valence-corrected chi connectivity index (χ1v) is 16.5. The van der Waals surface area contributed by atoms with E-state index in [1.54, 1.807) is 0 Å². The number of benzene rings is 2. The van der Waals surface area contributed by atoms with Gasteiger partial charge in [-0.15, -0.1) is 5.10 Å². The Hall–Kier alpha value is -2.92. The van der Waals surface area contributed by atoms with Crippen LogP contribution in [0.25, 0.3) is 0 Å². The van der Waals surface area contributed by atoms with Gasteiger partial charge in [0.1, 0.15) is 6.04 Å². The molecule has 2 unspecified atom stereocenters. The highest BCUT2D eigenvalue weighted by atomic mass is 35.5. The summed E-state index contributed by atoms with van der Waals surface area (Å²) in [5, 5.41) is 11.8. The van der Waals surface area contributed by atoms with Gasteiger partial charge in [-0.1, -0.05) is 54.4 Å². The predicted molar refractivity (Wildman–Crippen MR) is 162 cm³/mol. The third kappa shape index (κ3) is 5.69. The molecule has 6 rings (SSSR count). The van der Waals surface area contributed by atoms with Gasteiger partial charge in [0.15, 0.2) is 0 Å². The Bertz CT molecular complexity index is 1650. The number of carbonyl (C=O) groups excluding carboxylic acids is 1. The lowest BCUT2D eigenvalue weighted by Gasteiger charge is -2.33. The fraction of sp³-hybridized carbons (Fsp3) is 0.433. The van der Waals surface area contributed by atoms with Crippen LogP contribution in [0.2, 0.25) is 10.0 Å². The van der Waals surface area contributed by atoms with Crippen LogP contribution in [0.4, 0.5) is 0 Å². The van der Waals surface area contributed by atoms with Crippen LogP contribution >= 0.6 is 23.2 Å². The van der Waals surface area contributed by atoms with Crippen LogP contribution in [0.1, 0.15) is 60.7 Å². The van der Waals surface area contributed by atoms with E-state index < -0.39 is 22.0 Å². The fourth-order valence-corrected chi connectivity index (χ4v) is 8.15. The standard InChI is InChI=1S/C30H34Cl2N6O3S/c1-19(2)16-36-10-8-20-13-25-21(12-22(20)17-36)4-3-5-28(25)37-18-23(34-35-37)14-29-30(39)33-9-11-38(29)42(40,41)24-6-7-26(31)27(32)15-24/h6-7,9,11-13,15,18-19,28-29H,3-5,8,10,14,16-17H2,1-2H3,(H,33,39). The van der Waals surface area contributed by atoms with Crippen molar-refractivity contribution in [1.82, 2.24) is 29.5 Å². The minimum absolute atomic E-state index is 0.0464. The Morgan fingerprint density at radius 2 is 1.90 bits per heavy atom. The number of rotatable bonds is 7. The molecule has 2 aliphatic heterocycles. The number of hydrogen-bond acceptors (Lipinski definition) is 6. The molecular formula is C30H34Cl2N6O3S. The molecule has 3 aromatic rings. The zero-order valence-corrected chi connectivity index (χ0v) is 26.0. The van der Waals surface area contributed by atoms with Crippen molar-refractivity contribution in [3.8, 4) is 0 Å². The monoisotopic (exact) mass is 628 g/mol. The van der Waals surface area contributed by atoms with Gasteiger partial charge in [0, 0.05) is 44.7 Å². The summed E-state index contributed by atoms with van der Waals surface area (Å²) in [6.45, 7) is 7.72. The van der Waals surface area contributed by atoms with Crippen LogP contribution in [0.5, 0.6) is 0 Å². The maximum absolute atomic E-state index is 13.5. The molecule has 1 amide bonds. The molecule has 0 saturated heterocycles. The molecule has 9 nitrogen and oxygen atoms in total. The van der Waals surface area contributed by atoms with Crippen LogP contribution in [0.15, 0.2) is 53.8 Å². The second kappa shape index (κ2) is 11.6. The van der Waals surface area contributed by atoms with Crippen molar-refractivity contribution in [1.29, 1.82) is 0 Å². The molecule has 42 heavy (non-hydrogen) atoms. The first kappa shape index (κ1) is 29.2. The summed E-state index contributed by atoms with van der Waals surface area (Å²) in [6.07, 6.45) is 8.64. The molecule has 2 atom stereocenters. The number of carbonyl (C=O) groups is 1. The van der Waals surface area contributed by atoms with E-state index in [-0.39, 0.29) is 27.4 Å². The Morgan fingerprint density at radius 3 is 2.69 bits per heavy atom. The van der Waals surface area contributed by atoms with Gasteiger partial charge >= 0.3 is 0 Å². The third-order valence-electron chi connectivity index (χ3n) is 8.26. The molecular weight excluding hydrogens is 595 g/mol. The van der Waals surface area contributed by atoms with Crippen molar-refractivity contribution < 1.29 is 13.2 Å². The lowest BCUT2D eigenvalue weighted by molar-refractivity contribution is -0.124. The molecule has 0 bridgehead atoms. The molecule has 1 aliphatic carbocycles. The average Bonchev–Trinajstić information content (AvgIpc) is 3.42. The number of sulfonamides is 1. The summed E-state index contributed by atoms with van der Waals surface area (Å²) in [5.41, 5.74) is 6.03. The Morgan fingerprint density at radius 1 is 1.07 bits per heavy atom. The molecule has 3 aliphatic rings. The molecule has 0 spiro atoms.